The number of thiophene rings is 1. The van der Waals surface area contributed by atoms with Crippen LogP contribution in [0.5, 0.6) is 0 Å². The predicted octanol–water partition coefficient (Wildman–Crippen LogP) is 2.00. The van der Waals surface area contributed by atoms with Gasteiger partial charge in [0.05, 0.1) is 10.5 Å². The molecule has 0 unspecified atom stereocenters. The summed E-state index contributed by atoms with van der Waals surface area (Å²) in [5.74, 6) is -0.489. The van der Waals surface area contributed by atoms with Crippen molar-refractivity contribution in [2.45, 2.75) is 27.2 Å². The van der Waals surface area contributed by atoms with Crippen LogP contribution in [-0.4, -0.2) is 66.9 Å². The molecular weight excluding hydrogens is 508 g/mol. The molecule has 0 radical (unpaired) electrons. The van der Waals surface area contributed by atoms with Crippen LogP contribution in [0.25, 0.3) is 0 Å². The Kier molecular flexibility index (Phi) is 6.33. The van der Waals surface area contributed by atoms with Gasteiger partial charge in [-0.25, -0.2) is 18.4 Å². The molecule has 2 aromatic rings. The highest BCUT2D eigenvalue weighted by atomic mass is 32.2. The van der Waals surface area contributed by atoms with E-state index in [1.807, 2.05) is 0 Å². The molecule has 1 saturated heterocycles. The summed E-state index contributed by atoms with van der Waals surface area (Å²) in [5, 5.41) is 21.1. The van der Waals surface area contributed by atoms with Gasteiger partial charge in [-0.05, 0) is 6.07 Å². The van der Waals surface area contributed by atoms with Crippen LogP contribution in [-0.2, 0) is 15.4 Å². The van der Waals surface area contributed by atoms with Gasteiger partial charge in [0, 0.05) is 38.4 Å². The number of hydrogen-bond acceptors (Lipinski definition) is 10. The summed E-state index contributed by atoms with van der Waals surface area (Å²) < 4.78 is 106. The Balaban J connectivity index is 2.31. The standard InChI is InChI=1S/C15H13F6N5O5S2/c16-14(17,18)13(27,15(19,20)21)8-7-23-12(25-5-3-22-4-6-25)24-11(8)33(30,31)10-2-1-9(32-10)26(28)29/h1-2,7,22,27H,3-6H2. The molecule has 10 nitrogen and oxygen atoms in total. The molecule has 1 fully saturated rings. The number of aliphatic hydroxyl groups is 1. The summed E-state index contributed by atoms with van der Waals surface area (Å²) in [4.78, 5) is 18.1. The number of piperazine rings is 1. The molecule has 0 saturated carbocycles. The van der Waals surface area contributed by atoms with Gasteiger partial charge in [0.15, 0.2) is 5.03 Å². The number of nitrogens with zero attached hydrogens (tertiary/aromatic N) is 4. The summed E-state index contributed by atoms with van der Waals surface area (Å²) in [5.41, 5.74) is -7.80. The molecule has 2 N–H and O–H groups in total. The average Bonchev–Trinajstić information content (AvgIpc) is 3.23. The van der Waals surface area contributed by atoms with E-state index < -0.39 is 58.5 Å². The largest absolute Gasteiger partial charge is 0.430 e. The number of hydrogen-bond donors (Lipinski definition) is 2. The highest BCUT2D eigenvalue weighted by Crippen LogP contribution is 2.52. The van der Waals surface area contributed by atoms with Crippen molar-refractivity contribution in [3.05, 3.63) is 34.0 Å². The van der Waals surface area contributed by atoms with Crippen molar-refractivity contribution in [3.8, 4) is 0 Å². The third kappa shape index (κ3) is 4.34. The van der Waals surface area contributed by atoms with Gasteiger partial charge in [-0.15, -0.1) is 0 Å². The van der Waals surface area contributed by atoms with E-state index in [-0.39, 0.29) is 30.6 Å². The molecule has 182 valence electrons. The molecule has 33 heavy (non-hydrogen) atoms. The number of sulfone groups is 1. The summed E-state index contributed by atoms with van der Waals surface area (Å²) >= 11 is 0.00334. The van der Waals surface area contributed by atoms with Crippen LogP contribution in [0.2, 0.25) is 0 Å². The van der Waals surface area contributed by atoms with E-state index in [4.69, 9.17) is 0 Å². The number of rotatable bonds is 5. The number of aromatic nitrogens is 2. The van der Waals surface area contributed by atoms with Crippen molar-refractivity contribution in [1.29, 1.82) is 0 Å². The second kappa shape index (κ2) is 8.33. The molecule has 0 bridgehead atoms. The third-order valence-corrected chi connectivity index (χ3v) is 7.84. The monoisotopic (exact) mass is 521 g/mol. The maximum absolute atomic E-state index is 13.5. The SMILES string of the molecule is O=[N+]([O-])c1ccc(S(=O)(=O)c2nc(N3CCNCC3)ncc2C(O)(C(F)(F)F)C(F)(F)F)s1. The highest BCUT2D eigenvalue weighted by Gasteiger charge is 2.73. The molecule has 0 amide bonds. The van der Waals surface area contributed by atoms with E-state index in [9.17, 15) is 50.0 Å². The van der Waals surface area contributed by atoms with Gasteiger partial charge < -0.3 is 15.3 Å². The predicted molar refractivity (Wildman–Crippen MR) is 99.5 cm³/mol. The molecule has 3 heterocycles. The smallest absolute Gasteiger partial charge is 0.369 e. The Morgan fingerprint density at radius 3 is 2.18 bits per heavy atom. The first-order valence-electron chi connectivity index (χ1n) is 8.79. The fourth-order valence-electron chi connectivity index (χ4n) is 2.94. The van der Waals surface area contributed by atoms with Gasteiger partial charge in [-0.1, -0.05) is 11.3 Å². The number of halogens is 6. The normalized spacial score (nSPS) is 16.2. The zero-order valence-electron chi connectivity index (χ0n) is 16.0. The van der Waals surface area contributed by atoms with Gasteiger partial charge in [0.25, 0.3) is 5.60 Å². The molecule has 1 aliphatic heterocycles. The number of nitro groups is 1. The van der Waals surface area contributed by atoms with Crippen LogP contribution in [0.3, 0.4) is 0 Å². The Bertz CT molecular complexity index is 1150. The van der Waals surface area contributed by atoms with Gasteiger partial charge in [-0.2, -0.15) is 26.3 Å². The second-order valence-corrected chi connectivity index (χ2v) is 9.84. The summed E-state index contributed by atoms with van der Waals surface area (Å²) in [6, 6.07) is 1.37. The molecule has 2 aromatic heterocycles. The molecular formula is C15H13F6N5O5S2. The first-order chi connectivity index (χ1) is 15.1. The van der Waals surface area contributed by atoms with Crippen molar-refractivity contribution < 1.29 is 44.8 Å². The Morgan fingerprint density at radius 1 is 1.12 bits per heavy atom. The van der Waals surface area contributed by atoms with Crippen LogP contribution in [0.4, 0.5) is 37.3 Å². The van der Waals surface area contributed by atoms with Crippen molar-refractivity contribution >= 4 is 32.1 Å². The fraction of sp³-hybridized carbons (Fsp3) is 0.467. The third-order valence-electron chi connectivity index (χ3n) is 4.62. The van der Waals surface area contributed by atoms with Crippen LogP contribution in [0.15, 0.2) is 27.6 Å². The minimum absolute atomic E-state index is 0.00334. The molecule has 0 aliphatic carbocycles. The van der Waals surface area contributed by atoms with E-state index in [1.165, 1.54) is 4.90 Å². The van der Waals surface area contributed by atoms with E-state index in [1.54, 1.807) is 0 Å². The summed E-state index contributed by atoms with van der Waals surface area (Å²) in [6.45, 7) is 1.01. The molecule has 0 spiro atoms. The fourth-order valence-corrected chi connectivity index (χ4v) is 5.56. The van der Waals surface area contributed by atoms with Gasteiger partial charge in [0.1, 0.15) is 4.21 Å². The van der Waals surface area contributed by atoms with Crippen LogP contribution in [0, 0.1) is 10.1 Å². The van der Waals surface area contributed by atoms with Crippen LogP contribution in [0.1, 0.15) is 5.56 Å². The Morgan fingerprint density at radius 2 is 1.70 bits per heavy atom. The Hall–Kier alpha value is -2.57. The lowest BCUT2D eigenvalue weighted by Crippen LogP contribution is -2.54. The molecule has 18 heteroatoms. The van der Waals surface area contributed by atoms with Crippen molar-refractivity contribution in [3.63, 3.8) is 0 Å². The second-order valence-electron chi connectivity index (χ2n) is 6.69. The topological polar surface area (TPSA) is 139 Å². The number of alkyl halides is 6. The lowest BCUT2D eigenvalue weighted by Gasteiger charge is -2.34. The van der Waals surface area contributed by atoms with E-state index in [0.29, 0.717) is 19.2 Å². The summed E-state index contributed by atoms with van der Waals surface area (Å²) in [6.07, 6.45) is -12.9. The quantitative estimate of drug-likeness (QED) is 0.262. The van der Waals surface area contributed by atoms with E-state index in [0.717, 1.165) is 6.07 Å². The summed E-state index contributed by atoms with van der Waals surface area (Å²) in [7, 11) is -5.29. The Labute approximate surface area is 184 Å². The van der Waals surface area contributed by atoms with Crippen molar-refractivity contribution in [1.82, 2.24) is 15.3 Å². The lowest BCUT2D eigenvalue weighted by atomic mass is 9.95. The minimum atomic E-state index is -6.41. The van der Waals surface area contributed by atoms with Crippen molar-refractivity contribution in [2.75, 3.05) is 31.1 Å². The van der Waals surface area contributed by atoms with Crippen LogP contribution >= 0.6 is 11.3 Å². The molecule has 1 aliphatic rings. The maximum atomic E-state index is 13.5. The first kappa shape index (κ1) is 25.1. The minimum Gasteiger partial charge on any atom is -0.369 e. The molecule has 0 aromatic carbocycles. The highest BCUT2D eigenvalue weighted by molar-refractivity contribution is 7.93. The van der Waals surface area contributed by atoms with Crippen LogP contribution < -0.4 is 10.2 Å². The number of nitrogens with one attached hydrogen (secondary N) is 1. The van der Waals surface area contributed by atoms with Gasteiger partial charge in [0.2, 0.25) is 15.8 Å². The van der Waals surface area contributed by atoms with Gasteiger partial charge >= 0.3 is 17.4 Å². The van der Waals surface area contributed by atoms with E-state index in [2.05, 4.69) is 15.3 Å². The zero-order valence-corrected chi connectivity index (χ0v) is 17.6. The first-order valence-corrected chi connectivity index (χ1v) is 11.1. The average molecular weight is 521 g/mol. The van der Waals surface area contributed by atoms with Crippen molar-refractivity contribution in [2.24, 2.45) is 0 Å². The van der Waals surface area contributed by atoms with E-state index >= 15 is 0 Å². The molecule has 3 rings (SSSR count). The van der Waals surface area contributed by atoms with Gasteiger partial charge in [-0.3, -0.25) is 10.1 Å². The lowest BCUT2D eigenvalue weighted by molar-refractivity contribution is -0.380. The number of anilines is 1. The maximum Gasteiger partial charge on any atom is 0.430 e. The zero-order chi connectivity index (χ0) is 24.8. The molecule has 0 atom stereocenters.